The third-order valence-electron chi connectivity index (χ3n) is 3.54. The van der Waals surface area contributed by atoms with E-state index in [1.54, 1.807) is 0 Å². The van der Waals surface area contributed by atoms with Crippen LogP contribution in [0, 0.1) is 0 Å². The van der Waals surface area contributed by atoms with Gasteiger partial charge in [0.15, 0.2) is 0 Å². The maximum Gasteiger partial charge on any atom is 0.0139 e. The van der Waals surface area contributed by atoms with Crippen molar-refractivity contribution < 1.29 is 0 Å². The van der Waals surface area contributed by atoms with Crippen molar-refractivity contribution in [2.75, 3.05) is 20.1 Å². The monoisotopic (exact) mass is 248 g/mol. The summed E-state index contributed by atoms with van der Waals surface area (Å²) < 4.78 is 0. The van der Waals surface area contributed by atoms with Crippen LogP contribution in [0.15, 0.2) is 24.3 Å². The van der Waals surface area contributed by atoms with Crippen molar-refractivity contribution in [3.8, 4) is 0 Å². The fourth-order valence-electron chi connectivity index (χ4n) is 2.15. The maximum absolute atomic E-state index is 5.79. The van der Waals surface area contributed by atoms with Gasteiger partial charge in [0.05, 0.1) is 0 Å². The lowest BCUT2D eigenvalue weighted by atomic mass is 9.97. The standard InChI is InChI=1S/C16H28N2/c1-5-13(2)16-8-6-15(7-9-16)10-11-18(4)12-14(3)17/h6-9,13-14H,5,10-12,17H2,1-4H3. The molecule has 1 rings (SSSR count). The second-order valence-corrected chi connectivity index (χ2v) is 5.54. The maximum atomic E-state index is 5.79. The molecule has 2 nitrogen and oxygen atoms in total. The molecular formula is C16H28N2. The molecule has 18 heavy (non-hydrogen) atoms. The molecule has 0 bridgehead atoms. The number of hydrogen-bond acceptors (Lipinski definition) is 2. The van der Waals surface area contributed by atoms with E-state index < -0.39 is 0 Å². The van der Waals surface area contributed by atoms with Gasteiger partial charge in [0.25, 0.3) is 0 Å². The molecular weight excluding hydrogens is 220 g/mol. The first-order chi connectivity index (χ1) is 8.52. The number of rotatable bonds is 7. The molecule has 0 amide bonds. The van der Waals surface area contributed by atoms with E-state index in [1.807, 2.05) is 0 Å². The Hall–Kier alpha value is -0.860. The van der Waals surface area contributed by atoms with Gasteiger partial charge in [-0.05, 0) is 43.9 Å². The van der Waals surface area contributed by atoms with Crippen LogP contribution in [0.5, 0.6) is 0 Å². The molecule has 0 fully saturated rings. The third-order valence-corrected chi connectivity index (χ3v) is 3.54. The molecule has 0 aliphatic heterocycles. The van der Waals surface area contributed by atoms with Crippen LogP contribution in [0.2, 0.25) is 0 Å². The predicted molar refractivity (Wildman–Crippen MR) is 80.0 cm³/mol. The van der Waals surface area contributed by atoms with Crippen molar-refractivity contribution in [3.63, 3.8) is 0 Å². The highest BCUT2D eigenvalue weighted by Gasteiger charge is 2.04. The van der Waals surface area contributed by atoms with Gasteiger partial charge in [-0.15, -0.1) is 0 Å². The molecule has 0 saturated carbocycles. The van der Waals surface area contributed by atoms with E-state index in [9.17, 15) is 0 Å². The molecule has 0 aliphatic carbocycles. The zero-order chi connectivity index (χ0) is 13.5. The quantitative estimate of drug-likeness (QED) is 0.803. The van der Waals surface area contributed by atoms with Crippen molar-refractivity contribution >= 4 is 0 Å². The summed E-state index contributed by atoms with van der Waals surface area (Å²) in [6, 6.07) is 9.33. The van der Waals surface area contributed by atoms with Crippen LogP contribution in [0.25, 0.3) is 0 Å². The Balaban J connectivity index is 2.44. The minimum Gasteiger partial charge on any atom is -0.327 e. The fraction of sp³-hybridized carbons (Fsp3) is 0.625. The Morgan fingerprint density at radius 1 is 1.17 bits per heavy atom. The zero-order valence-electron chi connectivity index (χ0n) is 12.3. The smallest absolute Gasteiger partial charge is 0.0139 e. The first-order valence-corrected chi connectivity index (χ1v) is 7.05. The van der Waals surface area contributed by atoms with Crippen LogP contribution in [0.3, 0.4) is 0 Å². The topological polar surface area (TPSA) is 29.3 Å². The average Bonchev–Trinajstić information content (AvgIpc) is 2.35. The normalized spacial score (nSPS) is 14.8. The molecule has 2 atom stereocenters. The fourth-order valence-corrected chi connectivity index (χ4v) is 2.15. The minimum absolute atomic E-state index is 0.253. The first-order valence-electron chi connectivity index (χ1n) is 7.05. The summed E-state index contributed by atoms with van der Waals surface area (Å²) >= 11 is 0. The summed E-state index contributed by atoms with van der Waals surface area (Å²) in [5.74, 6) is 0.666. The van der Waals surface area contributed by atoms with E-state index >= 15 is 0 Å². The third kappa shape index (κ3) is 5.19. The summed E-state index contributed by atoms with van der Waals surface area (Å²) in [6.07, 6.45) is 2.31. The van der Waals surface area contributed by atoms with Crippen molar-refractivity contribution in [2.45, 2.75) is 45.6 Å². The lowest BCUT2D eigenvalue weighted by Gasteiger charge is -2.18. The van der Waals surface area contributed by atoms with Crippen LogP contribution in [-0.2, 0) is 6.42 Å². The molecule has 0 aliphatic rings. The lowest BCUT2D eigenvalue weighted by Crippen LogP contribution is -2.34. The van der Waals surface area contributed by atoms with Crippen molar-refractivity contribution in [2.24, 2.45) is 5.73 Å². The van der Waals surface area contributed by atoms with Gasteiger partial charge in [0, 0.05) is 19.1 Å². The van der Waals surface area contributed by atoms with E-state index in [1.165, 1.54) is 17.5 Å². The Kier molecular flexibility index (Phi) is 6.37. The van der Waals surface area contributed by atoms with Crippen LogP contribution in [0.1, 0.15) is 44.2 Å². The molecule has 2 unspecified atom stereocenters. The molecule has 0 radical (unpaired) electrons. The number of nitrogens with zero attached hydrogens (tertiary/aromatic N) is 1. The molecule has 0 spiro atoms. The van der Waals surface area contributed by atoms with Crippen molar-refractivity contribution in [1.29, 1.82) is 0 Å². The van der Waals surface area contributed by atoms with Gasteiger partial charge >= 0.3 is 0 Å². The Morgan fingerprint density at radius 3 is 2.28 bits per heavy atom. The molecule has 0 aromatic heterocycles. The number of nitrogens with two attached hydrogens (primary N) is 1. The number of hydrogen-bond donors (Lipinski definition) is 1. The van der Waals surface area contributed by atoms with Crippen LogP contribution >= 0.6 is 0 Å². The van der Waals surface area contributed by atoms with Gasteiger partial charge in [-0.25, -0.2) is 0 Å². The van der Waals surface area contributed by atoms with E-state index in [4.69, 9.17) is 5.73 Å². The first kappa shape index (κ1) is 15.2. The molecule has 0 heterocycles. The summed E-state index contributed by atoms with van der Waals surface area (Å²) in [6.45, 7) is 8.61. The molecule has 0 saturated heterocycles. The second-order valence-electron chi connectivity index (χ2n) is 5.54. The van der Waals surface area contributed by atoms with Crippen LogP contribution < -0.4 is 5.73 Å². The van der Waals surface area contributed by atoms with E-state index in [-0.39, 0.29) is 6.04 Å². The summed E-state index contributed by atoms with van der Waals surface area (Å²) in [7, 11) is 2.14. The van der Waals surface area contributed by atoms with Crippen LogP contribution in [0.4, 0.5) is 0 Å². The van der Waals surface area contributed by atoms with E-state index in [0.29, 0.717) is 5.92 Å². The Bertz CT molecular complexity index is 329. The van der Waals surface area contributed by atoms with Gasteiger partial charge < -0.3 is 10.6 Å². The summed E-state index contributed by atoms with van der Waals surface area (Å²) in [5, 5.41) is 0. The molecule has 1 aromatic rings. The second kappa shape index (κ2) is 7.55. The Labute approximate surface area is 112 Å². The summed E-state index contributed by atoms with van der Waals surface area (Å²) in [4.78, 5) is 2.30. The van der Waals surface area contributed by atoms with Crippen molar-refractivity contribution in [1.82, 2.24) is 4.90 Å². The molecule has 102 valence electrons. The van der Waals surface area contributed by atoms with Gasteiger partial charge in [-0.3, -0.25) is 0 Å². The molecule has 2 heteroatoms. The van der Waals surface area contributed by atoms with Gasteiger partial charge in [0.2, 0.25) is 0 Å². The highest BCUT2D eigenvalue weighted by Crippen LogP contribution is 2.18. The van der Waals surface area contributed by atoms with Gasteiger partial charge in [-0.2, -0.15) is 0 Å². The average molecular weight is 248 g/mol. The van der Waals surface area contributed by atoms with Crippen molar-refractivity contribution in [3.05, 3.63) is 35.4 Å². The highest BCUT2D eigenvalue weighted by molar-refractivity contribution is 5.25. The summed E-state index contributed by atoms with van der Waals surface area (Å²) in [5.41, 5.74) is 8.65. The SMILES string of the molecule is CCC(C)c1ccc(CCN(C)CC(C)N)cc1. The van der Waals surface area contributed by atoms with Gasteiger partial charge in [0.1, 0.15) is 0 Å². The largest absolute Gasteiger partial charge is 0.327 e. The predicted octanol–water partition coefficient (Wildman–Crippen LogP) is 3.02. The van der Waals surface area contributed by atoms with E-state index in [2.05, 4.69) is 57.0 Å². The van der Waals surface area contributed by atoms with Crippen LogP contribution in [-0.4, -0.2) is 31.1 Å². The number of likely N-dealkylation sites (N-methyl/N-ethyl adjacent to an activating group) is 1. The number of benzene rings is 1. The highest BCUT2D eigenvalue weighted by atomic mass is 15.1. The minimum atomic E-state index is 0.253. The van der Waals surface area contributed by atoms with Gasteiger partial charge in [-0.1, -0.05) is 38.1 Å². The molecule has 1 aromatic carbocycles. The Morgan fingerprint density at radius 2 is 1.78 bits per heavy atom. The lowest BCUT2D eigenvalue weighted by molar-refractivity contribution is 0.321. The van der Waals surface area contributed by atoms with E-state index in [0.717, 1.165) is 19.5 Å². The zero-order valence-corrected chi connectivity index (χ0v) is 12.3. The molecule has 2 N–H and O–H groups in total.